The summed E-state index contributed by atoms with van der Waals surface area (Å²) in [6, 6.07) is 4.32. The molecule has 12 heteroatoms. The van der Waals surface area contributed by atoms with Gasteiger partial charge in [-0.25, -0.2) is 0 Å². The zero-order chi connectivity index (χ0) is 20.6. The third kappa shape index (κ3) is 3.71. The molecule has 4 rings (SSSR count). The molecule has 1 N–H and O–H groups in total. The summed E-state index contributed by atoms with van der Waals surface area (Å²) >= 11 is 0. The number of hydrogen-bond acceptors (Lipinski definition) is 6. The number of non-ortho nitro benzene ring substituents is 1. The van der Waals surface area contributed by atoms with Gasteiger partial charge in [0.25, 0.3) is 21.8 Å². The van der Waals surface area contributed by atoms with Gasteiger partial charge in [-0.1, -0.05) is 0 Å². The van der Waals surface area contributed by atoms with Crippen LogP contribution in [0.4, 0.5) is 5.69 Å². The lowest BCUT2D eigenvalue weighted by Gasteiger charge is -2.37. The van der Waals surface area contributed by atoms with Crippen molar-refractivity contribution in [3.05, 3.63) is 40.1 Å². The molecule has 0 saturated carbocycles. The second-order valence-electron chi connectivity index (χ2n) is 6.90. The number of ether oxygens (including phenoxy) is 1. The quantitative estimate of drug-likeness (QED) is 0.560. The van der Waals surface area contributed by atoms with E-state index >= 15 is 0 Å². The summed E-state index contributed by atoms with van der Waals surface area (Å²) in [5.74, 6) is -0.278. The number of carbonyl (C=O) groups is 1. The maximum atomic E-state index is 13.0. The van der Waals surface area contributed by atoms with Crippen LogP contribution in [0.15, 0.2) is 24.4 Å². The molecule has 2 saturated heterocycles. The number of morpholine rings is 1. The number of piperazine rings is 1. The number of carbonyl (C=O) groups excluding carboxylic acids is 1. The summed E-state index contributed by atoms with van der Waals surface area (Å²) in [7, 11) is -3.57. The van der Waals surface area contributed by atoms with Crippen molar-refractivity contribution in [2.45, 2.75) is 0 Å². The van der Waals surface area contributed by atoms with Crippen LogP contribution in [0.25, 0.3) is 10.9 Å². The molecule has 0 aliphatic carbocycles. The van der Waals surface area contributed by atoms with Gasteiger partial charge in [-0.15, -0.1) is 0 Å². The minimum atomic E-state index is -3.57. The van der Waals surface area contributed by atoms with Crippen LogP contribution in [-0.2, 0) is 14.9 Å². The molecule has 1 aromatic carbocycles. The van der Waals surface area contributed by atoms with Crippen molar-refractivity contribution >= 4 is 32.7 Å². The van der Waals surface area contributed by atoms with E-state index in [0.717, 1.165) is 0 Å². The van der Waals surface area contributed by atoms with Crippen LogP contribution in [0, 0.1) is 10.1 Å². The first kappa shape index (κ1) is 19.8. The third-order valence-corrected chi connectivity index (χ3v) is 7.29. The number of nitrogens with one attached hydrogen (secondary N) is 1. The van der Waals surface area contributed by atoms with Crippen LogP contribution < -0.4 is 0 Å². The number of H-pyrrole nitrogens is 1. The van der Waals surface area contributed by atoms with E-state index in [1.54, 1.807) is 11.0 Å². The molecule has 2 aromatic rings. The molecule has 29 heavy (non-hydrogen) atoms. The summed E-state index contributed by atoms with van der Waals surface area (Å²) in [6.07, 6.45) is 1.54. The Morgan fingerprint density at radius 3 is 2.38 bits per heavy atom. The van der Waals surface area contributed by atoms with Crippen molar-refractivity contribution in [2.24, 2.45) is 0 Å². The Hall–Kier alpha value is -2.54. The van der Waals surface area contributed by atoms with Crippen molar-refractivity contribution in [1.29, 1.82) is 0 Å². The molecule has 1 aromatic heterocycles. The second-order valence-corrected chi connectivity index (χ2v) is 8.83. The first-order chi connectivity index (χ1) is 13.9. The highest BCUT2D eigenvalue weighted by atomic mass is 32.2. The van der Waals surface area contributed by atoms with Crippen LogP contribution in [0.3, 0.4) is 0 Å². The topological polar surface area (TPSA) is 129 Å². The van der Waals surface area contributed by atoms with Crippen molar-refractivity contribution in [1.82, 2.24) is 18.5 Å². The minimum Gasteiger partial charge on any atom is -0.379 e. The highest BCUT2D eigenvalue weighted by molar-refractivity contribution is 7.86. The molecule has 0 spiro atoms. The standard InChI is InChI=1S/C17H21N5O6S/c23-17(15-12-18-16-2-1-13(22(24)25)11-14(15)16)19-3-5-20(6-4-19)29(26,27)21-7-9-28-10-8-21/h1-2,11-12,18H,3-10H2. The van der Waals surface area contributed by atoms with Gasteiger partial charge in [-0.3, -0.25) is 14.9 Å². The van der Waals surface area contributed by atoms with E-state index < -0.39 is 15.1 Å². The smallest absolute Gasteiger partial charge is 0.282 e. The Morgan fingerprint density at radius 1 is 1.07 bits per heavy atom. The van der Waals surface area contributed by atoms with Gasteiger partial charge in [-0.05, 0) is 6.07 Å². The predicted octanol–water partition coefficient (Wildman–Crippen LogP) is 0.411. The maximum Gasteiger partial charge on any atom is 0.282 e. The van der Waals surface area contributed by atoms with Crippen LogP contribution >= 0.6 is 0 Å². The summed E-state index contributed by atoms with van der Waals surface area (Å²) in [6.45, 7) is 2.33. The number of rotatable bonds is 4. The van der Waals surface area contributed by atoms with Gasteiger partial charge in [0.1, 0.15) is 0 Å². The molecular weight excluding hydrogens is 402 g/mol. The monoisotopic (exact) mass is 423 g/mol. The van der Waals surface area contributed by atoms with Gasteiger partial charge in [0, 0.05) is 68.5 Å². The molecule has 3 heterocycles. The van der Waals surface area contributed by atoms with E-state index in [0.29, 0.717) is 42.8 Å². The van der Waals surface area contributed by atoms with Gasteiger partial charge in [0.05, 0.1) is 23.7 Å². The predicted molar refractivity (Wildman–Crippen MR) is 104 cm³/mol. The Kier molecular flexibility index (Phi) is 5.25. The zero-order valence-corrected chi connectivity index (χ0v) is 16.4. The normalized spacial score (nSPS) is 19.5. The highest BCUT2D eigenvalue weighted by Crippen LogP contribution is 2.25. The lowest BCUT2D eigenvalue weighted by Crippen LogP contribution is -2.55. The van der Waals surface area contributed by atoms with E-state index in [9.17, 15) is 23.3 Å². The van der Waals surface area contributed by atoms with Crippen molar-refractivity contribution < 1.29 is 22.9 Å². The largest absolute Gasteiger partial charge is 0.379 e. The molecule has 156 valence electrons. The third-order valence-electron chi connectivity index (χ3n) is 5.26. The summed E-state index contributed by atoms with van der Waals surface area (Å²) in [4.78, 5) is 28.0. The van der Waals surface area contributed by atoms with Crippen molar-refractivity contribution in [2.75, 3.05) is 52.5 Å². The number of hydrogen-bond donors (Lipinski definition) is 1. The second kappa shape index (κ2) is 7.71. The fourth-order valence-electron chi connectivity index (χ4n) is 3.63. The maximum absolute atomic E-state index is 13.0. The first-order valence-corrected chi connectivity index (χ1v) is 10.7. The average molecular weight is 423 g/mol. The number of fused-ring (bicyclic) bond motifs is 1. The van der Waals surface area contributed by atoms with E-state index in [-0.39, 0.29) is 37.8 Å². The summed E-state index contributed by atoms with van der Waals surface area (Å²) < 4.78 is 33.5. The number of amides is 1. The average Bonchev–Trinajstić information content (AvgIpc) is 3.17. The van der Waals surface area contributed by atoms with Crippen molar-refractivity contribution in [3.63, 3.8) is 0 Å². The van der Waals surface area contributed by atoms with Gasteiger partial charge in [0.15, 0.2) is 0 Å². The SMILES string of the molecule is O=C(c1c[nH]c2ccc([N+](=O)[O-])cc12)N1CCN(S(=O)(=O)N2CCOCC2)CC1. The number of nitro benzene ring substituents is 1. The van der Waals surface area contributed by atoms with Gasteiger partial charge >= 0.3 is 0 Å². The molecule has 2 aliphatic rings. The van der Waals surface area contributed by atoms with E-state index in [4.69, 9.17) is 4.74 Å². The summed E-state index contributed by atoms with van der Waals surface area (Å²) in [5.41, 5.74) is 0.883. The van der Waals surface area contributed by atoms with Crippen LogP contribution in [-0.4, -0.2) is 90.2 Å². The number of aromatic amines is 1. The van der Waals surface area contributed by atoms with E-state index in [2.05, 4.69) is 4.98 Å². The number of nitrogens with zero attached hydrogens (tertiary/aromatic N) is 4. The fraction of sp³-hybridized carbons (Fsp3) is 0.471. The summed E-state index contributed by atoms with van der Waals surface area (Å²) in [5, 5.41) is 11.5. The Labute approximate surface area is 167 Å². The van der Waals surface area contributed by atoms with Gasteiger partial charge in [0.2, 0.25) is 0 Å². The Balaban J connectivity index is 1.47. The highest BCUT2D eigenvalue weighted by Gasteiger charge is 2.34. The minimum absolute atomic E-state index is 0.0902. The number of benzene rings is 1. The van der Waals surface area contributed by atoms with E-state index in [1.165, 1.54) is 26.9 Å². The zero-order valence-electron chi connectivity index (χ0n) is 15.6. The molecule has 0 radical (unpaired) electrons. The number of aromatic nitrogens is 1. The lowest BCUT2D eigenvalue weighted by molar-refractivity contribution is -0.384. The molecular formula is C17H21N5O6S. The van der Waals surface area contributed by atoms with Gasteiger partial charge < -0.3 is 14.6 Å². The van der Waals surface area contributed by atoms with Crippen LogP contribution in [0.1, 0.15) is 10.4 Å². The molecule has 0 unspecified atom stereocenters. The van der Waals surface area contributed by atoms with Crippen LogP contribution in [0.5, 0.6) is 0 Å². The van der Waals surface area contributed by atoms with Crippen molar-refractivity contribution in [3.8, 4) is 0 Å². The lowest BCUT2D eigenvalue weighted by atomic mass is 10.1. The number of nitro groups is 1. The Morgan fingerprint density at radius 2 is 1.72 bits per heavy atom. The molecule has 2 fully saturated rings. The molecule has 2 aliphatic heterocycles. The first-order valence-electron chi connectivity index (χ1n) is 9.26. The molecule has 1 amide bonds. The fourth-order valence-corrected chi connectivity index (χ4v) is 5.19. The molecule has 11 nitrogen and oxygen atoms in total. The van der Waals surface area contributed by atoms with Crippen LogP contribution in [0.2, 0.25) is 0 Å². The van der Waals surface area contributed by atoms with E-state index in [1.807, 2.05) is 0 Å². The van der Waals surface area contributed by atoms with Gasteiger partial charge in [-0.2, -0.15) is 17.0 Å². The molecule has 0 atom stereocenters. The Bertz CT molecular complexity index is 1040. The molecule has 0 bridgehead atoms.